The van der Waals surface area contributed by atoms with E-state index in [2.05, 4.69) is 21.0 Å². The number of aryl methyl sites for hydroxylation is 1. The summed E-state index contributed by atoms with van der Waals surface area (Å²) in [4.78, 5) is 11.3. The lowest BCUT2D eigenvalue weighted by Gasteiger charge is -2.04. The predicted molar refractivity (Wildman–Crippen MR) is 61.2 cm³/mol. The molecule has 0 aromatic carbocycles. The highest BCUT2D eigenvalue weighted by molar-refractivity contribution is 9.08. The SMILES string of the molecule is CCOC(=O)Cn1nc(C)c(Cl)c1CBr. The van der Waals surface area contributed by atoms with Crippen LogP contribution < -0.4 is 0 Å². The molecule has 0 aliphatic carbocycles. The molecule has 0 saturated carbocycles. The number of rotatable bonds is 4. The maximum Gasteiger partial charge on any atom is 0.327 e. The van der Waals surface area contributed by atoms with E-state index in [-0.39, 0.29) is 12.5 Å². The van der Waals surface area contributed by atoms with Crippen LogP contribution in [0.3, 0.4) is 0 Å². The Morgan fingerprint density at radius 2 is 2.33 bits per heavy atom. The van der Waals surface area contributed by atoms with Crippen molar-refractivity contribution in [2.75, 3.05) is 6.61 Å². The van der Waals surface area contributed by atoms with Crippen molar-refractivity contribution >= 4 is 33.5 Å². The first-order valence-corrected chi connectivity index (χ1v) is 6.03. The monoisotopic (exact) mass is 294 g/mol. The molecule has 6 heteroatoms. The van der Waals surface area contributed by atoms with Gasteiger partial charge >= 0.3 is 5.97 Å². The Bertz CT molecular complexity index is 365. The topological polar surface area (TPSA) is 44.1 Å². The van der Waals surface area contributed by atoms with Gasteiger partial charge < -0.3 is 4.74 Å². The fourth-order valence-corrected chi connectivity index (χ4v) is 2.13. The number of ether oxygens (including phenoxy) is 1. The zero-order valence-electron chi connectivity index (χ0n) is 8.59. The van der Waals surface area contributed by atoms with Crippen molar-refractivity contribution in [3.63, 3.8) is 0 Å². The first-order valence-electron chi connectivity index (χ1n) is 4.53. The largest absolute Gasteiger partial charge is 0.465 e. The lowest BCUT2D eigenvalue weighted by atomic mass is 10.4. The fraction of sp³-hybridized carbons (Fsp3) is 0.556. The zero-order chi connectivity index (χ0) is 11.4. The second-order valence-electron chi connectivity index (χ2n) is 2.94. The minimum absolute atomic E-state index is 0.0995. The fourth-order valence-electron chi connectivity index (χ4n) is 1.19. The summed E-state index contributed by atoms with van der Waals surface area (Å²) < 4.78 is 6.40. The van der Waals surface area contributed by atoms with Gasteiger partial charge in [0.05, 0.1) is 23.0 Å². The van der Waals surface area contributed by atoms with Crippen LogP contribution in [0.2, 0.25) is 5.02 Å². The van der Waals surface area contributed by atoms with Gasteiger partial charge in [0, 0.05) is 5.33 Å². The standard InChI is InChI=1S/C9H12BrClN2O2/c1-3-15-8(14)5-13-7(4-10)9(11)6(2)12-13/h3-5H2,1-2H3. The van der Waals surface area contributed by atoms with Gasteiger partial charge in [-0.25, -0.2) is 0 Å². The Kier molecular flexibility index (Phi) is 4.60. The molecular formula is C9H12BrClN2O2. The Morgan fingerprint density at radius 1 is 1.67 bits per heavy atom. The zero-order valence-corrected chi connectivity index (χ0v) is 10.9. The maximum atomic E-state index is 11.3. The van der Waals surface area contributed by atoms with Crippen molar-refractivity contribution in [3.8, 4) is 0 Å². The van der Waals surface area contributed by atoms with E-state index < -0.39 is 0 Å². The number of esters is 1. The van der Waals surface area contributed by atoms with Gasteiger partial charge in [0.15, 0.2) is 0 Å². The third-order valence-corrected chi connectivity index (χ3v) is 2.89. The highest BCUT2D eigenvalue weighted by Crippen LogP contribution is 2.22. The highest BCUT2D eigenvalue weighted by atomic mass is 79.9. The summed E-state index contributed by atoms with van der Waals surface area (Å²) in [6.07, 6.45) is 0. The van der Waals surface area contributed by atoms with Crippen molar-refractivity contribution in [2.24, 2.45) is 0 Å². The Morgan fingerprint density at radius 3 is 2.87 bits per heavy atom. The van der Waals surface area contributed by atoms with E-state index in [1.807, 2.05) is 0 Å². The minimum Gasteiger partial charge on any atom is -0.465 e. The molecule has 0 atom stereocenters. The Balaban J connectivity index is 2.85. The van der Waals surface area contributed by atoms with E-state index in [0.29, 0.717) is 17.0 Å². The smallest absolute Gasteiger partial charge is 0.327 e. The number of alkyl halides is 1. The molecule has 1 aromatic rings. The molecule has 0 amide bonds. The van der Waals surface area contributed by atoms with Crippen LogP contribution in [0.1, 0.15) is 18.3 Å². The average Bonchev–Trinajstić information content (AvgIpc) is 2.42. The number of carbonyl (C=O) groups excluding carboxylic acids is 1. The highest BCUT2D eigenvalue weighted by Gasteiger charge is 2.14. The van der Waals surface area contributed by atoms with E-state index >= 15 is 0 Å². The number of nitrogens with zero attached hydrogens (tertiary/aromatic N) is 2. The quantitative estimate of drug-likeness (QED) is 0.632. The summed E-state index contributed by atoms with van der Waals surface area (Å²) in [5.41, 5.74) is 1.51. The van der Waals surface area contributed by atoms with E-state index in [9.17, 15) is 4.79 Å². The summed E-state index contributed by atoms with van der Waals surface area (Å²) in [5.74, 6) is -0.307. The van der Waals surface area contributed by atoms with Crippen LogP contribution >= 0.6 is 27.5 Å². The molecule has 15 heavy (non-hydrogen) atoms. The van der Waals surface area contributed by atoms with Crippen molar-refractivity contribution in [2.45, 2.75) is 25.7 Å². The molecule has 0 unspecified atom stereocenters. The van der Waals surface area contributed by atoms with Crippen LogP contribution in [0.15, 0.2) is 0 Å². The lowest BCUT2D eigenvalue weighted by Crippen LogP contribution is -2.16. The van der Waals surface area contributed by atoms with E-state index in [4.69, 9.17) is 16.3 Å². The molecule has 84 valence electrons. The summed E-state index contributed by atoms with van der Waals surface area (Å²) in [6, 6.07) is 0. The normalized spacial score (nSPS) is 10.4. The van der Waals surface area contributed by atoms with Gasteiger partial charge in [-0.1, -0.05) is 27.5 Å². The van der Waals surface area contributed by atoms with Gasteiger partial charge in [-0.15, -0.1) is 0 Å². The molecule has 1 heterocycles. The summed E-state index contributed by atoms with van der Waals surface area (Å²) >= 11 is 9.31. The molecule has 1 aromatic heterocycles. The van der Waals surface area contributed by atoms with Crippen LogP contribution in [-0.2, 0) is 21.4 Å². The number of halogens is 2. The second kappa shape index (κ2) is 5.51. The number of carbonyl (C=O) groups is 1. The van der Waals surface area contributed by atoms with Crippen LogP contribution in [0.25, 0.3) is 0 Å². The van der Waals surface area contributed by atoms with Gasteiger partial charge in [0.1, 0.15) is 6.54 Å². The third kappa shape index (κ3) is 2.95. The molecule has 1 rings (SSSR count). The number of aromatic nitrogens is 2. The lowest BCUT2D eigenvalue weighted by molar-refractivity contribution is -0.144. The molecule has 0 aliphatic heterocycles. The molecule has 0 N–H and O–H groups in total. The Hall–Kier alpha value is -0.550. The maximum absolute atomic E-state index is 11.3. The Labute approximate surface area is 102 Å². The molecule has 0 bridgehead atoms. The van der Waals surface area contributed by atoms with Gasteiger partial charge in [0.2, 0.25) is 0 Å². The molecule has 0 saturated heterocycles. The van der Waals surface area contributed by atoms with Gasteiger partial charge in [-0.2, -0.15) is 5.10 Å². The van der Waals surface area contributed by atoms with Crippen LogP contribution in [0.4, 0.5) is 0 Å². The van der Waals surface area contributed by atoms with E-state index in [1.54, 1.807) is 18.5 Å². The molecule has 0 radical (unpaired) electrons. The van der Waals surface area contributed by atoms with Gasteiger partial charge in [0.25, 0.3) is 0 Å². The van der Waals surface area contributed by atoms with Crippen LogP contribution in [0.5, 0.6) is 0 Å². The summed E-state index contributed by atoms with van der Waals surface area (Å²) in [7, 11) is 0. The summed E-state index contributed by atoms with van der Waals surface area (Å²) in [6.45, 7) is 4.04. The van der Waals surface area contributed by atoms with Gasteiger partial charge in [-0.3, -0.25) is 9.48 Å². The van der Waals surface area contributed by atoms with Crippen LogP contribution in [-0.4, -0.2) is 22.4 Å². The van der Waals surface area contributed by atoms with E-state index in [1.165, 1.54) is 0 Å². The third-order valence-electron chi connectivity index (χ3n) is 1.86. The minimum atomic E-state index is -0.307. The first-order chi connectivity index (χ1) is 7.10. The second-order valence-corrected chi connectivity index (χ2v) is 3.88. The summed E-state index contributed by atoms with van der Waals surface area (Å²) in [5, 5.41) is 5.31. The molecule has 0 fully saturated rings. The number of hydrogen-bond donors (Lipinski definition) is 0. The van der Waals surface area contributed by atoms with E-state index in [0.717, 1.165) is 11.4 Å². The molecule has 0 aliphatic rings. The van der Waals surface area contributed by atoms with Crippen molar-refractivity contribution in [1.82, 2.24) is 9.78 Å². The predicted octanol–water partition coefficient (Wildman–Crippen LogP) is 2.30. The van der Waals surface area contributed by atoms with Gasteiger partial charge in [-0.05, 0) is 13.8 Å². The van der Waals surface area contributed by atoms with Crippen molar-refractivity contribution in [3.05, 3.63) is 16.4 Å². The number of hydrogen-bond acceptors (Lipinski definition) is 3. The van der Waals surface area contributed by atoms with Crippen LogP contribution in [0, 0.1) is 6.92 Å². The first kappa shape index (κ1) is 12.5. The molecule has 4 nitrogen and oxygen atoms in total. The van der Waals surface area contributed by atoms with Crippen molar-refractivity contribution < 1.29 is 9.53 Å². The molecular weight excluding hydrogens is 283 g/mol. The average molecular weight is 296 g/mol. The van der Waals surface area contributed by atoms with Crippen molar-refractivity contribution in [1.29, 1.82) is 0 Å². The molecule has 0 spiro atoms.